The Morgan fingerprint density at radius 1 is 1.09 bits per heavy atom. The molecule has 0 unspecified atom stereocenters. The molecule has 34 heavy (non-hydrogen) atoms. The monoisotopic (exact) mass is 474 g/mol. The van der Waals surface area contributed by atoms with Gasteiger partial charge in [0.05, 0.1) is 42.1 Å². The number of imidazole rings is 1. The Balaban J connectivity index is 1.74. The molecule has 0 saturated heterocycles. The van der Waals surface area contributed by atoms with Crippen LogP contribution in [0.5, 0.6) is 5.75 Å². The number of methoxy groups -OCH3 is 1. The van der Waals surface area contributed by atoms with Crippen LogP contribution in [0.4, 0.5) is 29.2 Å². The maximum atomic E-state index is 13.5. The zero-order valence-corrected chi connectivity index (χ0v) is 18.9. The average Bonchev–Trinajstić information content (AvgIpc) is 3.40. The van der Waals surface area contributed by atoms with Crippen LogP contribution in [0.1, 0.15) is 31.1 Å². The first-order valence-corrected chi connectivity index (χ1v) is 10.4. The minimum absolute atomic E-state index is 0.0929. The van der Waals surface area contributed by atoms with Gasteiger partial charge in [0.15, 0.2) is 5.82 Å². The van der Waals surface area contributed by atoms with Gasteiger partial charge in [0.1, 0.15) is 11.6 Å². The first-order chi connectivity index (χ1) is 16.1. The number of alkyl halides is 3. The summed E-state index contributed by atoms with van der Waals surface area (Å²) in [5.41, 5.74) is 0.759. The van der Waals surface area contributed by atoms with E-state index in [2.05, 4.69) is 20.4 Å². The highest BCUT2D eigenvalue weighted by Crippen LogP contribution is 2.37. The summed E-state index contributed by atoms with van der Waals surface area (Å²) in [4.78, 5) is 8.65. The van der Waals surface area contributed by atoms with E-state index in [9.17, 15) is 17.6 Å². The fraction of sp³-hybridized carbons (Fsp3) is 0.261. The molecule has 0 amide bonds. The van der Waals surface area contributed by atoms with Gasteiger partial charge in [-0.15, -0.1) is 5.10 Å². The third-order valence-corrected chi connectivity index (χ3v) is 5.08. The predicted molar refractivity (Wildman–Crippen MR) is 119 cm³/mol. The van der Waals surface area contributed by atoms with Crippen molar-refractivity contribution in [2.24, 2.45) is 0 Å². The van der Waals surface area contributed by atoms with Crippen LogP contribution in [0, 0.1) is 12.7 Å². The second-order valence-electron chi connectivity index (χ2n) is 7.92. The maximum absolute atomic E-state index is 13.5. The van der Waals surface area contributed by atoms with E-state index in [0.29, 0.717) is 23.2 Å². The van der Waals surface area contributed by atoms with Crippen LogP contribution in [0.15, 0.2) is 48.9 Å². The molecule has 0 saturated carbocycles. The zero-order valence-electron chi connectivity index (χ0n) is 18.9. The lowest BCUT2D eigenvalue weighted by molar-refractivity contribution is -0.137. The van der Waals surface area contributed by atoms with Gasteiger partial charge < -0.3 is 14.6 Å². The Morgan fingerprint density at radius 2 is 1.85 bits per heavy atom. The molecule has 0 aliphatic rings. The van der Waals surface area contributed by atoms with E-state index in [4.69, 9.17) is 4.74 Å². The Hall–Kier alpha value is -3.89. The highest BCUT2D eigenvalue weighted by Gasteiger charge is 2.34. The van der Waals surface area contributed by atoms with E-state index < -0.39 is 17.6 Å². The number of rotatable bonds is 6. The quantitative estimate of drug-likeness (QED) is 0.351. The van der Waals surface area contributed by atoms with Crippen molar-refractivity contribution in [1.82, 2.24) is 24.3 Å². The van der Waals surface area contributed by atoms with Crippen molar-refractivity contribution >= 4 is 11.6 Å². The summed E-state index contributed by atoms with van der Waals surface area (Å²) < 4.78 is 62.7. The van der Waals surface area contributed by atoms with Gasteiger partial charge in [-0.25, -0.2) is 14.1 Å². The number of aryl methyl sites for hydroxylation is 1. The number of nitrogens with zero attached hydrogens (tertiary/aromatic N) is 5. The molecule has 1 N–H and O–H groups in total. The number of anilines is 2. The third-order valence-electron chi connectivity index (χ3n) is 5.08. The molecule has 0 atom stereocenters. The summed E-state index contributed by atoms with van der Waals surface area (Å²) in [7, 11) is 1.53. The van der Waals surface area contributed by atoms with Crippen LogP contribution < -0.4 is 10.1 Å². The maximum Gasteiger partial charge on any atom is 0.418 e. The standard InChI is InChI=1S/C23H22F4N6O/c1-13(2)33-22(29-18-7-6-16(24)10-17(18)23(25,26)27)30-21(31-33)15-5-8-19(20(9-15)34-4)32-11-14(3)28-12-32/h5-13H,1-4H3,(H,29,30,31). The van der Waals surface area contributed by atoms with Gasteiger partial charge >= 0.3 is 6.18 Å². The smallest absolute Gasteiger partial charge is 0.418 e. The lowest BCUT2D eigenvalue weighted by Crippen LogP contribution is -2.12. The lowest BCUT2D eigenvalue weighted by Gasteiger charge is -2.15. The van der Waals surface area contributed by atoms with Crippen molar-refractivity contribution in [3.8, 4) is 22.8 Å². The number of nitrogens with one attached hydrogen (secondary N) is 1. The summed E-state index contributed by atoms with van der Waals surface area (Å²) in [5.74, 6) is -0.0544. The lowest BCUT2D eigenvalue weighted by atomic mass is 10.1. The molecule has 2 aromatic carbocycles. The molecular weight excluding hydrogens is 452 g/mol. The molecule has 0 fully saturated rings. The molecule has 0 aliphatic heterocycles. The summed E-state index contributed by atoms with van der Waals surface area (Å²) >= 11 is 0. The molecule has 4 aromatic rings. The average molecular weight is 474 g/mol. The van der Waals surface area contributed by atoms with Gasteiger partial charge in [-0.2, -0.15) is 18.2 Å². The number of hydrogen-bond donors (Lipinski definition) is 1. The Labute approximate surface area is 193 Å². The number of benzene rings is 2. The second kappa shape index (κ2) is 8.81. The summed E-state index contributed by atoms with van der Waals surface area (Å²) in [6.07, 6.45) is -1.22. The number of halogens is 4. The second-order valence-corrected chi connectivity index (χ2v) is 7.92. The van der Waals surface area contributed by atoms with E-state index in [1.165, 1.54) is 11.8 Å². The van der Waals surface area contributed by atoms with Crippen molar-refractivity contribution in [1.29, 1.82) is 0 Å². The van der Waals surface area contributed by atoms with Gasteiger partial charge in [-0.05, 0) is 57.2 Å². The van der Waals surface area contributed by atoms with Crippen LogP contribution in [0.2, 0.25) is 0 Å². The zero-order chi connectivity index (χ0) is 24.6. The first-order valence-electron chi connectivity index (χ1n) is 10.4. The predicted octanol–water partition coefficient (Wildman–Crippen LogP) is 5.93. The normalized spacial score (nSPS) is 11.8. The van der Waals surface area contributed by atoms with Crippen molar-refractivity contribution < 1.29 is 22.3 Å². The fourth-order valence-electron chi connectivity index (χ4n) is 3.45. The minimum atomic E-state index is -4.75. The van der Waals surface area contributed by atoms with Crippen LogP contribution >= 0.6 is 0 Å². The molecule has 0 spiro atoms. The van der Waals surface area contributed by atoms with Crippen LogP contribution in [-0.2, 0) is 6.18 Å². The largest absolute Gasteiger partial charge is 0.495 e. The van der Waals surface area contributed by atoms with Crippen molar-refractivity contribution in [2.75, 3.05) is 12.4 Å². The Kier molecular flexibility index (Phi) is 6.03. The van der Waals surface area contributed by atoms with Crippen molar-refractivity contribution in [3.05, 3.63) is 66.0 Å². The van der Waals surface area contributed by atoms with E-state index >= 15 is 0 Å². The minimum Gasteiger partial charge on any atom is -0.495 e. The van der Waals surface area contributed by atoms with Gasteiger partial charge in [0.25, 0.3) is 0 Å². The van der Waals surface area contributed by atoms with Crippen LogP contribution in [-0.4, -0.2) is 31.4 Å². The molecule has 178 valence electrons. The van der Waals surface area contributed by atoms with E-state index in [-0.39, 0.29) is 17.7 Å². The molecule has 2 aromatic heterocycles. The summed E-state index contributed by atoms with van der Waals surface area (Å²) in [6, 6.07) is 7.57. The highest BCUT2D eigenvalue weighted by atomic mass is 19.4. The topological polar surface area (TPSA) is 69.8 Å². The molecule has 11 heteroatoms. The van der Waals surface area contributed by atoms with Gasteiger partial charge in [0.2, 0.25) is 5.95 Å². The molecule has 0 aliphatic carbocycles. The number of hydrogen-bond acceptors (Lipinski definition) is 5. The Morgan fingerprint density at radius 3 is 2.47 bits per heavy atom. The molecule has 0 bridgehead atoms. The molecule has 7 nitrogen and oxygen atoms in total. The van der Waals surface area contributed by atoms with E-state index in [1.54, 1.807) is 18.5 Å². The SMILES string of the molecule is COc1cc(-c2nc(Nc3ccc(F)cc3C(F)(F)F)n(C(C)C)n2)ccc1-n1cnc(C)c1. The van der Waals surface area contributed by atoms with E-state index in [1.807, 2.05) is 37.6 Å². The Bertz CT molecular complexity index is 1330. The van der Waals surface area contributed by atoms with Gasteiger partial charge in [0, 0.05) is 11.8 Å². The van der Waals surface area contributed by atoms with Crippen molar-refractivity contribution in [2.45, 2.75) is 33.0 Å². The van der Waals surface area contributed by atoms with Crippen LogP contribution in [0.25, 0.3) is 17.1 Å². The summed E-state index contributed by atoms with van der Waals surface area (Å²) in [6.45, 7) is 5.52. The summed E-state index contributed by atoms with van der Waals surface area (Å²) in [5, 5.41) is 7.15. The number of ether oxygens (including phenoxy) is 1. The molecule has 2 heterocycles. The number of aromatic nitrogens is 5. The highest BCUT2D eigenvalue weighted by molar-refractivity contribution is 5.66. The van der Waals surface area contributed by atoms with Crippen molar-refractivity contribution in [3.63, 3.8) is 0 Å². The van der Waals surface area contributed by atoms with Gasteiger partial charge in [-0.3, -0.25) is 0 Å². The molecule has 4 rings (SSSR count). The third kappa shape index (κ3) is 4.59. The van der Waals surface area contributed by atoms with Crippen LogP contribution in [0.3, 0.4) is 0 Å². The molecule has 0 radical (unpaired) electrons. The fourth-order valence-corrected chi connectivity index (χ4v) is 3.45. The van der Waals surface area contributed by atoms with Gasteiger partial charge in [-0.1, -0.05) is 0 Å². The molecular formula is C23H22F4N6O. The van der Waals surface area contributed by atoms with E-state index in [0.717, 1.165) is 23.5 Å². The first kappa shape index (κ1) is 23.3.